The molecular formula is C13H25BrN2O2S. The largest absolute Gasteiger partial charge is 0.279 e. The van der Waals surface area contributed by atoms with Gasteiger partial charge in [-0.1, -0.05) is 48.0 Å². The molecule has 2 fully saturated rings. The minimum Gasteiger partial charge on any atom is -0.198 e. The minimum absolute atomic E-state index is 0.0516. The molecule has 1 heterocycles. The molecule has 112 valence electrons. The van der Waals surface area contributed by atoms with Gasteiger partial charge in [-0.3, -0.25) is 0 Å². The van der Waals surface area contributed by atoms with Crippen molar-refractivity contribution in [3.63, 3.8) is 0 Å². The standard InChI is InChI=1S/C13H25BrN2O2S/c14-12-8-4-3-5-9-13(12)15-19(17,18)16-10-6-1-2-7-11-16/h12-13,15H,1-11H2. The summed E-state index contributed by atoms with van der Waals surface area (Å²) in [7, 11) is -3.30. The lowest BCUT2D eigenvalue weighted by Gasteiger charge is -2.26. The number of hydrogen-bond acceptors (Lipinski definition) is 2. The van der Waals surface area contributed by atoms with E-state index in [1.807, 2.05) is 0 Å². The van der Waals surface area contributed by atoms with E-state index in [0.29, 0.717) is 13.1 Å². The Labute approximate surface area is 125 Å². The first-order chi connectivity index (χ1) is 9.09. The highest BCUT2D eigenvalue weighted by Crippen LogP contribution is 2.25. The number of nitrogens with one attached hydrogen (secondary N) is 1. The number of rotatable bonds is 3. The van der Waals surface area contributed by atoms with Gasteiger partial charge in [0.05, 0.1) is 0 Å². The van der Waals surface area contributed by atoms with Crippen molar-refractivity contribution in [1.82, 2.24) is 9.03 Å². The second-order valence-corrected chi connectivity index (χ2v) is 8.58. The molecule has 0 spiro atoms. The molecule has 0 aromatic heterocycles. The molecule has 2 rings (SSSR count). The summed E-state index contributed by atoms with van der Waals surface area (Å²) in [6.45, 7) is 1.35. The van der Waals surface area contributed by atoms with Crippen LogP contribution in [0.1, 0.15) is 57.8 Å². The summed E-state index contributed by atoms with van der Waals surface area (Å²) in [5, 5.41) is 0. The summed E-state index contributed by atoms with van der Waals surface area (Å²) in [6.07, 6.45) is 9.81. The highest BCUT2D eigenvalue weighted by molar-refractivity contribution is 9.09. The lowest BCUT2D eigenvalue weighted by molar-refractivity contribution is 0.402. The van der Waals surface area contributed by atoms with E-state index in [-0.39, 0.29) is 10.9 Å². The van der Waals surface area contributed by atoms with Crippen LogP contribution in [0.25, 0.3) is 0 Å². The zero-order valence-corrected chi connectivity index (χ0v) is 13.9. The maximum absolute atomic E-state index is 12.5. The highest BCUT2D eigenvalue weighted by Gasteiger charge is 2.29. The molecule has 2 aliphatic rings. The quantitative estimate of drug-likeness (QED) is 0.627. The molecule has 1 N–H and O–H groups in total. The lowest BCUT2D eigenvalue weighted by Crippen LogP contribution is -2.48. The fraction of sp³-hybridized carbons (Fsp3) is 1.00. The predicted molar refractivity (Wildman–Crippen MR) is 81.7 cm³/mol. The Balaban J connectivity index is 1.98. The first-order valence-corrected chi connectivity index (χ1v) is 9.86. The molecule has 2 unspecified atom stereocenters. The van der Waals surface area contributed by atoms with Gasteiger partial charge in [0.1, 0.15) is 0 Å². The van der Waals surface area contributed by atoms with Crippen LogP contribution in [0.4, 0.5) is 0 Å². The van der Waals surface area contributed by atoms with Crippen LogP contribution in [0.5, 0.6) is 0 Å². The molecule has 19 heavy (non-hydrogen) atoms. The van der Waals surface area contributed by atoms with Crippen molar-refractivity contribution in [1.29, 1.82) is 0 Å². The smallest absolute Gasteiger partial charge is 0.198 e. The van der Waals surface area contributed by atoms with E-state index in [1.165, 1.54) is 12.8 Å². The summed E-state index contributed by atoms with van der Waals surface area (Å²) in [6, 6.07) is 0.0516. The molecule has 0 aromatic rings. The van der Waals surface area contributed by atoms with Crippen molar-refractivity contribution >= 4 is 26.1 Å². The van der Waals surface area contributed by atoms with Crippen molar-refractivity contribution in [2.24, 2.45) is 0 Å². The molecule has 0 bridgehead atoms. The van der Waals surface area contributed by atoms with Gasteiger partial charge in [-0.2, -0.15) is 17.4 Å². The average Bonchev–Trinajstić information content (AvgIpc) is 2.74. The van der Waals surface area contributed by atoms with Crippen LogP contribution in [0.2, 0.25) is 0 Å². The van der Waals surface area contributed by atoms with Crippen molar-refractivity contribution < 1.29 is 8.42 Å². The Morgan fingerprint density at radius 1 is 0.895 bits per heavy atom. The fourth-order valence-corrected chi connectivity index (χ4v) is 5.39. The minimum atomic E-state index is -3.30. The van der Waals surface area contributed by atoms with Crippen molar-refractivity contribution in [3.05, 3.63) is 0 Å². The first kappa shape index (κ1) is 15.7. The van der Waals surface area contributed by atoms with E-state index in [9.17, 15) is 8.42 Å². The second-order valence-electron chi connectivity index (χ2n) is 5.70. The summed E-state index contributed by atoms with van der Waals surface area (Å²) in [5.41, 5.74) is 0. The van der Waals surface area contributed by atoms with E-state index in [0.717, 1.165) is 44.9 Å². The van der Waals surface area contributed by atoms with Crippen LogP contribution in [-0.2, 0) is 10.2 Å². The van der Waals surface area contributed by atoms with E-state index in [4.69, 9.17) is 0 Å². The summed E-state index contributed by atoms with van der Waals surface area (Å²) in [5.74, 6) is 0. The third kappa shape index (κ3) is 4.69. The topological polar surface area (TPSA) is 49.4 Å². The molecule has 0 aromatic carbocycles. The van der Waals surface area contributed by atoms with Gasteiger partial charge in [-0.25, -0.2) is 0 Å². The van der Waals surface area contributed by atoms with Crippen LogP contribution in [0.15, 0.2) is 0 Å². The van der Waals surface area contributed by atoms with Crippen molar-refractivity contribution in [3.8, 4) is 0 Å². The number of alkyl halides is 1. The van der Waals surface area contributed by atoms with Crippen LogP contribution in [-0.4, -0.2) is 36.7 Å². The van der Waals surface area contributed by atoms with Gasteiger partial charge in [0, 0.05) is 24.0 Å². The zero-order chi connectivity index (χ0) is 13.7. The monoisotopic (exact) mass is 352 g/mol. The summed E-state index contributed by atoms with van der Waals surface area (Å²) >= 11 is 3.65. The van der Waals surface area contributed by atoms with Gasteiger partial charge in [0.25, 0.3) is 10.2 Å². The predicted octanol–water partition coefficient (Wildman–Crippen LogP) is 2.79. The van der Waals surface area contributed by atoms with Gasteiger partial charge in [-0.05, 0) is 25.7 Å². The maximum Gasteiger partial charge on any atom is 0.279 e. The third-order valence-electron chi connectivity index (χ3n) is 4.14. The second kappa shape index (κ2) is 7.38. The van der Waals surface area contributed by atoms with Gasteiger partial charge in [-0.15, -0.1) is 0 Å². The zero-order valence-electron chi connectivity index (χ0n) is 11.5. The van der Waals surface area contributed by atoms with Crippen molar-refractivity contribution in [2.75, 3.05) is 13.1 Å². The van der Waals surface area contributed by atoms with Gasteiger partial charge in [0.2, 0.25) is 0 Å². The Hall–Kier alpha value is 0.350. The number of hydrogen-bond donors (Lipinski definition) is 1. The number of halogens is 1. The average molecular weight is 353 g/mol. The third-order valence-corrected chi connectivity index (χ3v) is 6.88. The summed E-state index contributed by atoms with van der Waals surface area (Å²) < 4.78 is 29.5. The molecule has 1 aliphatic heterocycles. The van der Waals surface area contributed by atoms with E-state index < -0.39 is 10.2 Å². The Kier molecular flexibility index (Phi) is 6.11. The first-order valence-electron chi connectivity index (χ1n) is 7.51. The molecule has 0 amide bonds. The number of nitrogens with zero attached hydrogens (tertiary/aromatic N) is 1. The van der Waals surface area contributed by atoms with Crippen LogP contribution in [0.3, 0.4) is 0 Å². The fourth-order valence-electron chi connectivity index (χ4n) is 2.94. The molecule has 1 saturated heterocycles. The highest BCUT2D eigenvalue weighted by atomic mass is 79.9. The van der Waals surface area contributed by atoms with Gasteiger partial charge in [0.15, 0.2) is 0 Å². The summed E-state index contributed by atoms with van der Waals surface area (Å²) in [4.78, 5) is 0.275. The lowest BCUT2D eigenvalue weighted by atomic mass is 10.1. The van der Waals surface area contributed by atoms with E-state index in [1.54, 1.807) is 4.31 Å². The van der Waals surface area contributed by atoms with E-state index in [2.05, 4.69) is 20.7 Å². The Bertz CT molecular complexity index is 367. The normalized spacial score (nSPS) is 31.6. The van der Waals surface area contributed by atoms with Gasteiger partial charge < -0.3 is 0 Å². The van der Waals surface area contributed by atoms with Crippen molar-refractivity contribution in [2.45, 2.75) is 68.7 Å². The molecular weight excluding hydrogens is 328 g/mol. The molecule has 1 aliphatic carbocycles. The molecule has 6 heteroatoms. The van der Waals surface area contributed by atoms with Gasteiger partial charge >= 0.3 is 0 Å². The van der Waals surface area contributed by atoms with Crippen LogP contribution >= 0.6 is 15.9 Å². The Morgan fingerprint density at radius 3 is 2.16 bits per heavy atom. The van der Waals surface area contributed by atoms with Crippen LogP contribution < -0.4 is 4.72 Å². The SMILES string of the molecule is O=S(=O)(NC1CCCCCC1Br)N1CCCCCC1. The maximum atomic E-state index is 12.5. The molecule has 0 radical (unpaired) electrons. The molecule has 4 nitrogen and oxygen atoms in total. The Morgan fingerprint density at radius 2 is 1.47 bits per heavy atom. The van der Waals surface area contributed by atoms with Crippen LogP contribution in [0, 0.1) is 0 Å². The molecule has 2 atom stereocenters. The van der Waals surface area contributed by atoms with E-state index >= 15 is 0 Å². The molecule has 1 saturated carbocycles.